The summed E-state index contributed by atoms with van der Waals surface area (Å²) in [6.45, 7) is 26.6. The molecule has 0 aliphatic carbocycles. The Morgan fingerprint density at radius 2 is 0.782 bits per heavy atom. The molecule has 4 atom stereocenters. The molecule has 0 bridgehead atoms. The van der Waals surface area contributed by atoms with Crippen LogP contribution in [0.25, 0.3) is 0 Å². The monoisotopic (exact) mass is 1440 g/mol. The van der Waals surface area contributed by atoms with Gasteiger partial charge in [-0.1, -0.05) is 39.8 Å². The number of nitrogens with zero attached hydrogens (tertiary/aromatic N) is 14. The molecule has 3 aliphatic rings. The summed E-state index contributed by atoms with van der Waals surface area (Å²) in [5, 5.41) is 68.2. The van der Waals surface area contributed by atoms with E-state index in [0.717, 1.165) is 51.4 Å². The Hall–Kier alpha value is -6.23. The largest absolute Gasteiger partial charge is 0.480 e. The van der Waals surface area contributed by atoms with Gasteiger partial charge in [0.25, 0.3) is 0 Å². The Kier molecular flexibility index (Phi) is 42.0. The van der Waals surface area contributed by atoms with Crippen LogP contribution < -0.4 is 10.6 Å². The lowest BCUT2D eigenvalue weighted by Crippen LogP contribution is -2.51. The summed E-state index contributed by atoms with van der Waals surface area (Å²) >= 11 is 4.87. The average Bonchev–Trinajstić information content (AvgIpc) is 0.888. The number of aliphatic carboxylic acids is 6. The molecule has 0 radical (unpaired) electrons. The molecule has 1 aromatic carbocycles. The molecule has 3 amide bonds. The summed E-state index contributed by atoms with van der Waals surface area (Å²) in [5.74, 6) is -7.01. The summed E-state index contributed by atoms with van der Waals surface area (Å²) in [5.41, 5.74) is 1.42. The van der Waals surface area contributed by atoms with E-state index in [1.165, 1.54) is 0 Å². The third-order valence-corrected chi connectivity index (χ3v) is 19.9. The van der Waals surface area contributed by atoms with Crippen molar-refractivity contribution in [1.82, 2.24) is 74.3 Å². The van der Waals surface area contributed by atoms with Crippen LogP contribution in [-0.4, -0.2) is 413 Å². The number of likely N-dealkylation sites (N-methyl/N-ethyl adjacent to an activating group) is 4. The van der Waals surface area contributed by atoms with Gasteiger partial charge in [0.1, 0.15) is 6.04 Å². The highest BCUT2D eigenvalue weighted by atomic mass is 32.1. The minimum atomic E-state index is -1.15. The zero-order valence-electron chi connectivity index (χ0n) is 61.1. The van der Waals surface area contributed by atoms with Crippen LogP contribution in [0.2, 0.25) is 0 Å². The van der Waals surface area contributed by atoms with E-state index < -0.39 is 53.8 Å². The number of carbonyl (C=O) groups is 9. The average molecular weight is 1450 g/mol. The number of amides is 3. The van der Waals surface area contributed by atoms with Crippen molar-refractivity contribution in [1.29, 1.82) is 0 Å². The maximum Gasteiger partial charge on any atom is 0.320 e. The normalized spacial score (nSPS) is 19.7. The van der Waals surface area contributed by atoms with Gasteiger partial charge in [0.2, 0.25) is 17.7 Å². The summed E-state index contributed by atoms with van der Waals surface area (Å²) < 4.78 is 0. The smallest absolute Gasteiger partial charge is 0.320 e. The highest BCUT2D eigenvalue weighted by Gasteiger charge is 2.31. The summed E-state index contributed by atoms with van der Waals surface area (Å²) in [6.07, 6.45) is 1.12. The number of rotatable bonds is 36. The first kappa shape index (κ1) is 87.2. The number of aliphatic imine (C=N–C) groups is 1. The van der Waals surface area contributed by atoms with Gasteiger partial charge in [-0.05, 0) is 95.6 Å². The second-order valence-corrected chi connectivity index (χ2v) is 27.1. The Morgan fingerprint density at radius 1 is 0.455 bits per heavy atom. The van der Waals surface area contributed by atoms with Crippen molar-refractivity contribution in [2.45, 2.75) is 111 Å². The van der Waals surface area contributed by atoms with Crippen molar-refractivity contribution in [2.75, 3.05) is 236 Å². The van der Waals surface area contributed by atoms with E-state index in [0.29, 0.717) is 136 Å². The van der Waals surface area contributed by atoms with Crippen molar-refractivity contribution < 1.29 is 73.8 Å². The Morgan fingerprint density at radius 3 is 1.13 bits per heavy atom. The first-order valence-corrected chi connectivity index (χ1v) is 36.8. The molecule has 0 spiro atoms. The highest BCUT2D eigenvalue weighted by Crippen LogP contribution is 2.18. The summed E-state index contributed by atoms with van der Waals surface area (Å²) in [4.78, 5) is 147. The molecule has 3 heterocycles. The van der Waals surface area contributed by atoms with Gasteiger partial charge in [0, 0.05) is 208 Å². The number of hydrogen-bond donors (Lipinski definition) is 8. The summed E-state index contributed by atoms with van der Waals surface area (Å²) in [7, 11) is 0. The topological polar surface area (TPSA) is 354 Å². The molecule has 31 nitrogen and oxygen atoms in total. The maximum absolute atomic E-state index is 15.1. The van der Waals surface area contributed by atoms with E-state index >= 15 is 4.79 Å². The number of hydrogen-bond acceptors (Lipinski definition) is 23. The predicted molar refractivity (Wildman–Crippen MR) is 388 cm³/mol. The number of thiocarbonyl (C=S) groups is 1. The minimum absolute atomic E-state index is 0.0205. The van der Waals surface area contributed by atoms with Crippen LogP contribution in [0.5, 0.6) is 0 Å². The van der Waals surface area contributed by atoms with E-state index in [9.17, 15) is 69.0 Å². The molecule has 32 heteroatoms. The van der Waals surface area contributed by atoms with Crippen LogP contribution in [-0.2, 0) is 49.6 Å². The van der Waals surface area contributed by atoms with Gasteiger partial charge >= 0.3 is 35.8 Å². The van der Waals surface area contributed by atoms with Crippen LogP contribution in [0.15, 0.2) is 29.3 Å². The maximum atomic E-state index is 15.1. The molecule has 3 aliphatic heterocycles. The number of nitrogens with one attached hydrogen (secondary N) is 2. The molecular formula is C69H120N16O15S. The summed E-state index contributed by atoms with van der Waals surface area (Å²) in [6, 6.07) is 5.33. The van der Waals surface area contributed by atoms with E-state index in [1.807, 2.05) is 47.6 Å². The van der Waals surface area contributed by atoms with Gasteiger partial charge in [-0.2, -0.15) is 4.99 Å². The predicted octanol–water partition coefficient (Wildman–Crippen LogP) is 0.131. The van der Waals surface area contributed by atoms with Crippen molar-refractivity contribution >= 4 is 76.6 Å². The molecule has 3 fully saturated rings. The molecule has 4 rings (SSSR count). The number of carboxylic acids is 6. The van der Waals surface area contributed by atoms with Gasteiger partial charge in [-0.15, -0.1) is 0 Å². The Labute approximate surface area is 603 Å². The van der Waals surface area contributed by atoms with Gasteiger partial charge in [-0.3, -0.25) is 82.4 Å². The SMILES string of the molecule is CCN1CCN(CC)CCN([C@H](C)CCC(=O)N[C@@H](Cc2ccc(N=C=S)cc2)CN(CCNC(=O)CC[C@@H](C(=O)O)N2CCN(CC)CCN(CC(=O)O)CCN(CC(=O)O)CC2)C(=O)CC[C@@H](C)N2CCN(CC)CCN(CC(=O)O)CCN(CC(=O)O)CC2)CCN(CC(=O)O)CC1. The van der Waals surface area contributed by atoms with Crippen LogP contribution in [0, 0.1) is 0 Å². The number of carboxylic acid groups (broad SMARTS) is 6. The van der Waals surface area contributed by atoms with Crippen LogP contribution in [0.1, 0.15) is 85.6 Å². The van der Waals surface area contributed by atoms with Gasteiger partial charge in [-0.25, -0.2) is 0 Å². The van der Waals surface area contributed by atoms with Crippen LogP contribution in [0.4, 0.5) is 5.69 Å². The van der Waals surface area contributed by atoms with Crippen molar-refractivity contribution in [2.24, 2.45) is 4.99 Å². The lowest BCUT2D eigenvalue weighted by atomic mass is 10.0. The van der Waals surface area contributed by atoms with E-state index in [1.54, 1.807) is 31.7 Å². The molecule has 8 N–H and O–H groups in total. The van der Waals surface area contributed by atoms with Crippen molar-refractivity contribution in [3.63, 3.8) is 0 Å². The molecule has 572 valence electrons. The first-order valence-electron chi connectivity index (χ1n) is 36.4. The van der Waals surface area contributed by atoms with Gasteiger partial charge in [0.15, 0.2) is 0 Å². The lowest BCUT2D eigenvalue weighted by molar-refractivity contribution is -0.145. The number of carbonyl (C=O) groups excluding carboxylic acids is 3. The second kappa shape index (κ2) is 48.7. The van der Waals surface area contributed by atoms with Crippen molar-refractivity contribution in [3.8, 4) is 0 Å². The molecule has 3 saturated heterocycles. The fourth-order valence-corrected chi connectivity index (χ4v) is 13.4. The third-order valence-electron chi connectivity index (χ3n) is 19.8. The number of isothiocyanates is 1. The molecule has 0 saturated carbocycles. The van der Waals surface area contributed by atoms with Crippen LogP contribution in [0.3, 0.4) is 0 Å². The fourth-order valence-electron chi connectivity index (χ4n) is 13.3. The fraction of sp³-hybridized carbons (Fsp3) is 0.768. The second-order valence-electron chi connectivity index (χ2n) is 26.9. The third kappa shape index (κ3) is 36.2. The van der Waals surface area contributed by atoms with Gasteiger partial charge in [0.05, 0.1) is 49.6 Å². The van der Waals surface area contributed by atoms with E-state index in [2.05, 4.69) is 71.0 Å². The Bertz CT molecular complexity index is 2740. The standard InChI is InChI=1S/C69H120N16O15S/c1-7-73-23-24-74(8-2)35-41-82(43-38-79(30-25-73)51-66(93)94)55(5)11-18-62(87)72-59(47-57-13-15-58(16-14-57)71-54-101)48-85(63(88)20-12-56(6)83-42-36-75(9-3)26-28-77(49-64(89)90)31-33-80(39-44-83)52-67(95)96)22-21-70-61(86)19-17-60(69(99)100)84-45-37-76(10-4)27-29-78(50-65(91)92)32-34-81(40-46-84)53-68(97)98/h13-16,55-56,59-60H,7-12,17-53H2,1-6H3,(H,70,86)(H,72,87)(H,89,90)(H,91,92)(H,93,94)(H,95,96)(H,97,98)(H,99,100)/t55-,56-,59+,60+/m1/s1. The molecule has 101 heavy (non-hydrogen) atoms. The lowest BCUT2D eigenvalue weighted by Gasteiger charge is -2.36. The van der Waals surface area contributed by atoms with Gasteiger partial charge < -0.3 is 65.8 Å². The molecular weight excluding hydrogens is 1320 g/mol. The zero-order chi connectivity index (χ0) is 74.2. The molecule has 1 aromatic rings. The molecule has 0 unspecified atom stereocenters. The van der Waals surface area contributed by atoms with E-state index in [4.69, 9.17) is 12.2 Å². The van der Waals surface area contributed by atoms with E-state index in [-0.39, 0.29) is 128 Å². The zero-order valence-corrected chi connectivity index (χ0v) is 61.9. The quantitative estimate of drug-likeness (QED) is 0.0327. The molecule has 0 aromatic heterocycles. The Balaban J connectivity index is 1.63. The number of benzene rings is 1. The minimum Gasteiger partial charge on any atom is -0.480 e. The van der Waals surface area contributed by atoms with Crippen molar-refractivity contribution in [3.05, 3.63) is 29.8 Å². The first-order chi connectivity index (χ1) is 48.3. The van der Waals surface area contributed by atoms with Crippen LogP contribution >= 0.6 is 12.2 Å². The highest BCUT2D eigenvalue weighted by molar-refractivity contribution is 7.78.